The van der Waals surface area contributed by atoms with E-state index in [2.05, 4.69) is 14.8 Å². The third-order valence-electron chi connectivity index (χ3n) is 3.26. The predicted octanol–water partition coefficient (Wildman–Crippen LogP) is 5.31. The zero-order valence-electron chi connectivity index (χ0n) is 14.4. The number of aryl methyl sites for hydroxylation is 1. The second-order valence-electron chi connectivity index (χ2n) is 5.02. The van der Waals surface area contributed by atoms with Gasteiger partial charge >= 0.3 is 6.36 Å². The number of nitrogens with zero attached hydrogens (tertiary/aromatic N) is 3. The van der Waals surface area contributed by atoms with Gasteiger partial charge in [-0.1, -0.05) is 26.0 Å². The molecule has 0 saturated carbocycles. The monoisotopic (exact) mass is 367 g/mol. The van der Waals surface area contributed by atoms with E-state index in [0.717, 1.165) is 0 Å². The highest BCUT2D eigenvalue weighted by Crippen LogP contribution is 2.24. The van der Waals surface area contributed by atoms with Crippen molar-refractivity contribution in [2.24, 2.45) is 0 Å². The van der Waals surface area contributed by atoms with E-state index >= 15 is 0 Å². The van der Waals surface area contributed by atoms with Crippen LogP contribution in [0.5, 0.6) is 5.75 Å². The van der Waals surface area contributed by atoms with Crippen LogP contribution in [-0.2, 0) is 0 Å². The fourth-order valence-electron chi connectivity index (χ4n) is 2.05. The maximum absolute atomic E-state index is 13.6. The maximum Gasteiger partial charge on any atom is 0.573 e. The third kappa shape index (κ3) is 4.81. The molecule has 0 aliphatic rings. The summed E-state index contributed by atoms with van der Waals surface area (Å²) in [7, 11) is 0. The first kappa shape index (κ1) is 19.4. The summed E-state index contributed by atoms with van der Waals surface area (Å²) < 4.78 is 55.2. The Morgan fingerprint density at radius 1 is 1.00 bits per heavy atom. The molecule has 0 radical (unpaired) electrons. The summed E-state index contributed by atoms with van der Waals surface area (Å²) >= 11 is 0. The lowest BCUT2D eigenvalue weighted by Crippen LogP contribution is -2.17. The number of benzene rings is 2. The fourth-order valence-corrected chi connectivity index (χ4v) is 2.05. The molecule has 8 heteroatoms. The molecule has 0 atom stereocenters. The van der Waals surface area contributed by atoms with E-state index in [0.29, 0.717) is 22.6 Å². The Hall–Kier alpha value is -2.90. The molecular weight excluding hydrogens is 350 g/mol. The molecule has 1 heterocycles. The Morgan fingerprint density at radius 2 is 1.65 bits per heavy atom. The van der Waals surface area contributed by atoms with E-state index in [4.69, 9.17) is 0 Å². The summed E-state index contributed by atoms with van der Waals surface area (Å²) in [6.07, 6.45) is -3.34. The van der Waals surface area contributed by atoms with Gasteiger partial charge < -0.3 is 4.74 Å². The molecule has 4 nitrogen and oxygen atoms in total. The summed E-state index contributed by atoms with van der Waals surface area (Å²) in [6, 6.07) is 9.82. The second kappa shape index (κ2) is 7.99. The van der Waals surface area contributed by atoms with Gasteiger partial charge in [0.1, 0.15) is 17.9 Å². The molecule has 3 rings (SSSR count). The second-order valence-corrected chi connectivity index (χ2v) is 5.02. The topological polar surface area (TPSA) is 39.9 Å². The van der Waals surface area contributed by atoms with Crippen molar-refractivity contribution in [2.45, 2.75) is 27.1 Å². The average Bonchev–Trinajstić information content (AvgIpc) is 3.08. The van der Waals surface area contributed by atoms with Gasteiger partial charge in [-0.25, -0.2) is 14.1 Å². The Morgan fingerprint density at radius 3 is 2.23 bits per heavy atom. The molecule has 0 unspecified atom stereocenters. The lowest BCUT2D eigenvalue weighted by Gasteiger charge is -2.09. The van der Waals surface area contributed by atoms with Gasteiger partial charge in [0.2, 0.25) is 0 Å². The SMILES string of the molecule is CC.Cc1ccc(-c2ncn(-c3ccc(OC(F)(F)F)cc3)n2)cc1F. The van der Waals surface area contributed by atoms with Gasteiger partial charge in [0, 0.05) is 5.56 Å². The molecule has 0 aliphatic carbocycles. The first-order valence-corrected chi connectivity index (χ1v) is 7.86. The molecule has 0 spiro atoms. The summed E-state index contributed by atoms with van der Waals surface area (Å²) in [6.45, 7) is 5.65. The van der Waals surface area contributed by atoms with Crippen LogP contribution in [0.2, 0.25) is 0 Å². The van der Waals surface area contributed by atoms with Crippen LogP contribution in [0.15, 0.2) is 48.8 Å². The Kier molecular flexibility index (Phi) is 5.97. The van der Waals surface area contributed by atoms with E-state index < -0.39 is 6.36 Å². The quantitative estimate of drug-likeness (QED) is 0.589. The van der Waals surface area contributed by atoms with E-state index in [9.17, 15) is 17.6 Å². The smallest absolute Gasteiger partial charge is 0.406 e. The number of hydrogen-bond acceptors (Lipinski definition) is 3. The molecular formula is C18H17F4N3O. The summed E-state index contributed by atoms with van der Waals surface area (Å²) in [4.78, 5) is 4.09. The van der Waals surface area contributed by atoms with Crippen molar-refractivity contribution in [3.05, 3.63) is 60.2 Å². The van der Waals surface area contributed by atoms with E-state index in [1.54, 1.807) is 19.1 Å². The molecule has 138 valence electrons. The zero-order valence-corrected chi connectivity index (χ0v) is 14.4. The van der Waals surface area contributed by atoms with Crippen LogP contribution in [0.25, 0.3) is 17.1 Å². The number of hydrogen-bond donors (Lipinski definition) is 0. The van der Waals surface area contributed by atoms with Crippen LogP contribution in [0.3, 0.4) is 0 Å². The number of ether oxygens (including phenoxy) is 1. The number of rotatable bonds is 3. The lowest BCUT2D eigenvalue weighted by atomic mass is 10.1. The molecule has 0 bridgehead atoms. The van der Waals surface area contributed by atoms with Crippen molar-refractivity contribution in [1.82, 2.24) is 14.8 Å². The van der Waals surface area contributed by atoms with E-state index in [-0.39, 0.29) is 11.6 Å². The van der Waals surface area contributed by atoms with Gasteiger partial charge in [0.15, 0.2) is 5.82 Å². The Labute approximate surface area is 148 Å². The van der Waals surface area contributed by atoms with Crippen molar-refractivity contribution >= 4 is 0 Å². The molecule has 0 N–H and O–H groups in total. The Balaban J connectivity index is 0.00000117. The highest BCUT2D eigenvalue weighted by atomic mass is 19.4. The highest BCUT2D eigenvalue weighted by Gasteiger charge is 2.30. The lowest BCUT2D eigenvalue weighted by molar-refractivity contribution is -0.274. The summed E-state index contributed by atoms with van der Waals surface area (Å²) in [5, 5.41) is 4.20. The molecule has 3 aromatic rings. The van der Waals surface area contributed by atoms with Crippen LogP contribution in [0, 0.1) is 12.7 Å². The van der Waals surface area contributed by atoms with Crippen molar-refractivity contribution in [3.8, 4) is 22.8 Å². The minimum Gasteiger partial charge on any atom is -0.406 e. The first-order valence-electron chi connectivity index (χ1n) is 7.86. The average molecular weight is 367 g/mol. The largest absolute Gasteiger partial charge is 0.573 e. The van der Waals surface area contributed by atoms with Gasteiger partial charge in [-0.05, 0) is 42.8 Å². The standard InChI is InChI=1S/C16H11F4N3O.C2H6/c1-10-2-3-11(8-14(10)17)15-21-9-23(22-15)12-4-6-13(7-5-12)24-16(18,19)20;1-2/h2-9H,1H3;1-2H3. The van der Waals surface area contributed by atoms with Gasteiger partial charge in [0.25, 0.3) is 0 Å². The summed E-state index contributed by atoms with van der Waals surface area (Å²) in [5.74, 6) is -0.380. The third-order valence-corrected chi connectivity index (χ3v) is 3.26. The fraction of sp³-hybridized carbons (Fsp3) is 0.222. The predicted molar refractivity (Wildman–Crippen MR) is 89.5 cm³/mol. The number of halogens is 4. The zero-order chi connectivity index (χ0) is 19.3. The minimum atomic E-state index is -4.74. The van der Waals surface area contributed by atoms with Crippen LogP contribution >= 0.6 is 0 Å². The van der Waals surface area contributed by atoms with Crippen molar-refractivity contribution in [2.75, 3.05) is 0 Å². The van der Waals surface area contributed by atoms with Gasteiger partial charge in [-0.3, -0.25) is 0 Å². The van der Waals surface area contributed by atoms with Crippen molar-refractivity contribution in [1.29, 1.82) is 0 Å². The van der Waals surface area contributed by atoms with Gasteiger partial charge in [0.05, 0.1) is 5.69 Å². The van der Waals surface area contributed by atoms with Crippen LogP contribution in [-0.4, -0.2) is 21.1 Å². The van der Waals surface area contributed by atoms with Crippen molar-refractivity contribution < 1.29 is 22.3 Å². The van der Waals surface area contributed by atoms with Crippen LogP contribution in [0.1, 0.15) is 19.4 Å². The van der Waals surface area contributed by atoms with Gasteiger partial charge in [-0.15, -0.1) is 18.3 Å². The molecule has 0 aliphatic heterocycles. The van der Waals surface area contributed by atoms with Gasteiger partial charge in [-0.2, -0.15) is 0 Å². The van der Waals surface area contributed by atoms with Crippen LogP contribution in [0.4, 0.5) is 17.6 Å². The number of alkyl halides is 3. The number of aromatic nitrogens is 3. The summed E-state index contributed by atoms with van der Waals surface area (Å²) in [5.41, 5.74) is 1.52. The minimum absolute atomic E-state index is 0.310. The normalized spacial score (nSPS) is 10.9. The van der Waals surface area contributed by atoms with E-state index in [1.165, 1.54) is 41.3 Å². The molecule has 26 heavy (non-hydrogen) atoms. The maximum atomic E-state index is 13.6. The Bertz CT molecular complexity index is 858. The molecule has 0 fully saturated rings. The molecule has 1 aromatic heterocycles. The van der Waals surface area contributed by atoms with Crippen molar-refractivity contribution in [3.63, 3.8) is 0 Å². The highest BCUT2D eigenvalue weighted by molar-refractivity contribution is 5.55. The molecule has 0 amide bonds. The first-order chi connectivity index (χ1) is 12.3. The molecule has 0 saturated heterocycles. The van der Waals surface area contributed by atoms with E-state index in [1.807, 2.05) is 13.8 Å². The van der Waals surface area contributed by atoms with Crippen LogP contribution < -0.4 is 4.74 Å². The molecule has 2 aromatic carbocycles.